The van der Waals surface area contributed by atoms with Crippen LogP contribution in [0.3, 0.4) is 0 Å². The summed E-state index contributed by atoms with van der Waals surface area (Å²) in [5.41, 5.74) is 3.42. The van der Waals surface area contributed by atoms with Crippen LogP contribution in [0.2, 0.25) is 0 Å². The molecule has 31 heavy (non-hydrogen) atoms. The molecule has 4 nitrogen and oxygen atoms in total. The first-order valence-electron chi connectivity index (χ1n) is 10.8. The highest BCUT2D eigenvalue weighted by Gasteiger charge is 2.30. The van der Waals surface area contributed by atoms with E-state index in [0.717, 1.165) is 42.4 Å². The van der Waals surface area contributed by atoms with Crippen LogP contribution >= 0.6 is 11.3 Å². The molecule has 0 saturated heterocycles. The number of nitrogens with one attached hydrogen (secondary N) is 1. The van der Waals surface area contributed by atoms with E-state index in [1.54, 1.807) is 0 Å². The Kier molecular flexibility index (Phi) is 6.52. The van der Waals surface area contributed by atoms with E-state index in [4.69, 9.17) is 4.74 Å². The number of benzene rings is 2. The normalized spacial score (nSPS) is 13.2. The third kappa shape index (κ3) is 4.72. The lowest BCUT2D eigenvalue weighted by atomic mass is 9.90. The zero-order valence-electron chi connectivity index (χ0n) is 17.9. The minimum atomic E-state index is -0.463. The van der Waals surface area contributed by atoms with Crippen LogP contribution in [-0.4, -0.2) is 18.0 Å². The maximum absolute atomic E-state index is 13.6. The number of carbonyl (C=O) groups is 2. The Balaban J connectivity index is 1.71. The van der Waals surface area contributed by atoms with Crippen LogP contribution in [0.25, 0.3) is 0 Å². The minimum absolute atomic E-state index is 0.144. The largest absolute Gasteiger partial charge is 0.459 e. The van der Waals surface area contributed by atoms with Crippen molar-refractivity contribution in [2.24, 2.45) is 0 Å². The molecule has 0 fully saturated rings. The van der Waals surface area contributed by atoms with Gasteiger partial charge in [-0.2, -0.15) is 0 Å². The highest BCUT2D eigenvalue weighted by atomic mass is 32.1. The molecule has 1 N–H and O–H groups in total. The Labute approximate surface area is 187 Å². The lowest BCUT2D eigenvalue weighted by Gasteiger charge is -2.18. The number of esters is 1. The van der Waals surface area contributed by atoms with Gasteiger partial charge in [0.2, 0.25) is 5.91 Å². The highest BCUT2D eigenvalue weighted by Crippen LogP contribution is 2.39. The van der Waals surface area contributed by atoms with E-state index in [9.17, 15) is 9.59 Å². The van der Waals surface area contributed by atoms with Gasteiger partial charge < -0.3 is 10.1 Å². The molecule has 0 bridgehead atoms. The van der Waals surface area contributed by atoms with Crippen molar-refractivity contribution in [3.63, 3.8) is 0 Å². The van der Waals surface area contributed by atoms with Crippen LogP contribution in [0.15, 0.2) is 60.7 Å². The molecule has 1 aliphatic rings. The lowest BCUT2D eigenvalue weighted by Crippen LogP contribution is -2.23. The van der Waals surface area contributed by atoms with Gasteiger partial charge in [0, 0.05) is 4.88 Å². The molecule has 1 aromatic heterocycles. The van der Waals surface area contributed by atoms with Crippen LogP contribution in [-0.2, 0) is 22.4 Å². The number of rotatable bonds is 6. The molecular weight excluding hydrogens is 406 g/mol. The van der Waals surface area contributed by atoms with Crippen LogP contribution < -0.4 is 5.32 Å². The fraction of sp³-hybridized carbons (Fsp3) is 0.308. The average molecular weight is 434 g/mol. The van der Waals surface area contributed by atoms with E-state index in [2.05, 4.69) is 5.32 Å². The first-order valence-corrected chi connectivity index (χ1v) is 11.6. The second kappa shape index (κ2) is 9.48. The number of carbonyl (C=O) groups excluding carboxylic acids is 2. The summed E-state index contributed by atoms with van der Waals surface area (Å²) in [5, 5.41) is 3.71. The molecule has 1 heterocycles. The van der Waals surface area contributed by atoms with Gasteiger partial charge in [-0.25, -0.2) is 4.79 Å². The third-order valence-corrected chi connectivity index (χ3v) is 6.69. The van der Waals surface area contributed by atoms with Crippen molar-refractivity contribution in [2.75, 3.05) is 5.32 Å². The maximum atomic E-state index is 13.6. The molecule has 0 saturated carbocycles. The van der Waals surface area contributed by atoms with Gasteiger partial charge in [-0.1, -0.05) is 60.7 Å². The maximum Gasteiger partial charge on any atom is 0.341 e. The van der Waals surface area contributed by atoms with Crippen LogP contribution in [0.4, 0.5) is 5.00 Å². The Morgan fingerprint density at radius 3 is 2.06 bits per heavy atom. The average Bonchev–Trinajstić information content (AvgIpc) is 3.13. The second-order valence-electron chi connectivity index (χ2n) is 8.11. The number of ether oxygens (including phenoxy) is 1. The summed E-state index contributed by atoms with van der Waals surface area (Å²) in [6.45, 7) is 3.69. The number of anilines is 1. The van der Waals surface area contributed by atoms with E-state index < -0.39 is 5.92 Å². The Hall–Kier alpha value is -2.92. The van der Waals surface area contributed by atoms with Crippen LogP contribution in [0, 0.1) is 0 Å². The van der Waals surface area contributed by atoms with Gasteiger partial charge >= 0.3 is 5.97 Å². The molecule has 4 rings (SSSR count). The van der Waals surface area contributed by atoms with Crippen molar-refractivity contribution >= 4 is 28.2 Å². The molecule has 0 unspecified atom stereocenters. The Bertz CT molecular complexity index is 1020. The summed E-state index contributed by atoms with van der Waals surface area (Å²) in [6.07, 6.45) is 3.74. The van der Waals surface area contributed by atoms with Crippen molar-refractivity contribution in [2.45, 2.75) is 51.6 Å². The van der Waals surface area contributed by atoms with E-state index in [0.29, 0.717) is 10.6 Å². The molecule has 0 atom stereocenters. The highest BCUT2D eigenvalue weighted by molar-refractivity contribution is 7.17. The van der Waals surface area contributed by atoms with Crippen molar-refractivity contribution in [3.05, 3.63) is 87.8 Å². The number of hydrogen-bond donors (Lipinski definition) is 1. The summed E-state index contributed by atoms with van der Waals surface area (Å²) in [4.78, 5) is 27.7. The first kappa shape index (κ1) is 21.3. The van der Waals surface area contributed by atoms with Gasteiger partial charge in [-0.3, -0.25) is 4.79 Å². The fourth-order valence-electron chi connectivity index (χ4n) is 4.11. The molecule has 1 aliphatic carbocycles. The fourth-order valence-corrected chi connectivity index (χ4v) is 5.39. The van der Waals surface area contributed by atoms with Crippen molar-refractivity contribution in [1.82, 2.24) is 0 Å². The van der Waals surface area contributed by atoms with Gasteiger partial charge in [0.15, 0.2) is 0 Å². The van der Waals surface area contributed by atoms with Crippen molar-refractivity contribution < 1.29 is 14.3 Å². The third-order valence-electron chi connectivity index (χ3n) is 5.48. The number of aryl methyl sites for hydroxylation is 1. The van der Waals surface area contributed by atoms with Gasteiger partial charge in [0.05, 0.1) is 17.6 Å². The number of thiophene rings is 1. The van der Waals surface area contributed by atoms with Gasteiger partial charge in [-0.05, 0) is 56.2 Å². The van der Waals surface area contributed by atoms with E-state index in [1.807, 2.05) is 74.5 Å². The molecule has 2 aromatic carbocycles. The lowest BCUT2D eigenvalue weighted by molar-refractivity contribution is -0.116. The summed E-state index contributed by atoms with van der Waals surface area (Å²) in [7, 11) is 0. The summed E-state index contributed by atoms with van der Waals surface area (Å²) < 4.78 is 5.53. The van der Waals surface area contributed by atoms with Gasteiger partial charge in [-0.15, -0.1) is 11.3 Å². The first-order chi connectivity index (χ1) is 15.0. The predicted octanol–water partition coefficient (Wildman–Crippen LogP) is 5.96. The monoisotopic (exact) mass is 433 g/mol. The molecule has 0 spiro atoms. The quantitative estimate of drug-likeness (QED) is 0.488. The van der Waals surface area contributed by atoms with Gasteiger partial charge in [0.1, 0.15) is 5.00 Å². The molecular formula is C26H27NO3S. The summed E-state index contributed by atoms with van der Waals surface area (Å²) in [5.74, 6) is -0.953. The van der Waals surface area contributed by atoms with E-state index in [-0.39, 0.29) is 18.0 Å². The van der Waals surface area contributed by atoms with Crippen LogP contribution in [0.1, 0.15) is 64.5 Å². The molecule has 3 aromatic rings. The molecule has 0 aliphatic heterocycles. The molecule has 1 amide bonds. The Morgan fingerprint density at radius 2 is 1.48 bits per heavy atom. The van der Waals surface area contributed by atoms with E-state index in [1.165, 1.54) is 16.2 Å². The predicted molar refractivity (Wildman–Crippen MR) is 125 cm³/mol. The van der Waals surface area contributed by atoms with Crippen molar-refractivity contribution in [1.29, 1.82) is 0 Å². The summed E-state index contributed by atoms with van der Waals surface area (Å²) in [6, 6.07) is 19.5. The smallest absolute Gasteiger partial charge is 0.341 e. The standard InChI is InChI=1S/C26H27NO3S/c1-17(2)30-26(29)23-20-15-9-10-16-21(20)31-25(23)27-24(28)22(18-11-5-3-6-12-18)19-13-7-4-8-14-19/h3-8,11-14,17,22H,9-10,15-16H2,1-2H3,(H,27,28). The van der Waals surface area contributed by atoms with Crippen molar-refractivity contribution in [3.8, 4) is 0 Å². The number of fused-ring (bicyclic) bond motifs is 1. The SMILES string of the molecule is CC(C)OC(=O)c1c(NC(=O)C(c2ccccc2)c2ccccc2)sc2c1CCCC2. The second-order valence-corrected chi connectivity index (χ2v) is 9.22. The van der Waals surface area contributed by atoms with Crippen LogP contribution in [0.5, 0.6) is 0 Å². The molecule has 0 radical (unpaired) electrons. The molecule has 5 heteroatoms. The molecule has 160 valence electrons. The van der Waals surface area contributed by atoms with Gasteiger partial charge in [0.25, 0.3) is 0 Å². The topological polar surface area (TPSA) is 55.4 Å². The Morgan fingerprint density at radius 1 is 0.903 bits per heavy atom. The minimum Gasteiger partial charge on any atom is -0.459 e. The van der Waals surface area contributed by atoms with E-state index >= 15 is 0 Å². The number of amides is 1. The summed E-state index contributed by atoms with van der Waals surface area (Å²) >= 11 is 1.52. The zero-order valence-corrected chi connectivity index (χ0v) is 18.7. The number of hydrogen-bond acceptors (Lipinski definition) is 4. The zero-order chi connectivity index (χ0) is 21.8.